The summed E-state index contributed by atoms with van der Waals surface area (Å²) in [5.41, 5.74) is -4.52. The normalized spacial score (nSPS) is 14.8. The number of carboxylic acids is 1. The minimum Gasteiger partial charge on any atom is -0.480 e. The number of amides is 1. The van der Waals surface area contributed by atoms with E-state index in [1.54, 1.807) is 0 Å². The van der Waals surface area contributed by atoms with Crippen molar-refractivity contribution in [1.29, 1.82) is 0 Å². The minimum atomic E-state index is -5.03. The summed E-state index contributed by atoms with van der Waals surface area (Å²) >= 11 is 0. The summed E-state index contributed by atoms with van der Waals surface area (Å²) in [4.78, 5) is 37.8. The van der Waals surface area contributed by atoms with Crippen LogP contribution in [0.25, 0.3) is 0 Å². The average molecular weight is 573 g/mol. The van der Waals surface area contributed by atoms with Gasteiger partial charge in [0.05, 0.1) is 29.9 Å². The number of hydrogen-bond acceptors (Lipinski definition) is 7. The Morgan fingerprint density at radius 3 is 1.77 bits per heavy atom. The highest BCUT2D eigenvalue weighted by Gasteiger charge is 2.41. The van der Waals surface area contributed by atoms with Gasteiger partial charge in [-0.1, -0.05) is 6.07 Å². The van der Waals surface area contributed by atoms with Crippen LogP contribution in [0.1, 0.15) is 55.8 Å². The molecule has 0 bridgehead atoms. The van der Waals surface area contributed by atoms with Crippen LogP contribution in [0.5, 0.6) is 0 Å². The van der Waals surface area contributed by atoms with Crippen molar-refractivity contribution in [3.05, 3.63) is 57.6 Å². The molecule has 0 aliphatic carbocycles. The fourth-order valence-corrected chi connectivity index (χ4v) is 4.58. The van der Waals surface area contributed by atoms with E-state index in [1.165, 1.54) is 0 Å². The SMILES string of the molecule is O=C(O)CN(CCCC(=O)c1cc2c(cc1C(F)(F)F)COB2O)C(=O)c1cc2c(cc1C(F)(F)F)COB2O. The number of benzene rings is 2. The van der Waals surface area contributed by atoms with E-state index in [2.05, 4.69) is 0 Å². The quantitative estimate of drug-likeness (QED) is 0.245. The number of Topliss-reactive ketones (excluding diaryl/α,β-unsaturated/α-hetero) is 1. The van der Waals surface area contributed by atoms with Crippen LogP contribution < -0.4 is 10.9 Å². The third-order valence-electron chi connectivity index (χ3n) is 6.47. The molecular formula is C23H19B2F6NO8. The second-order valence-electron chi connectivity index (χ2n) is 9.16. The number of alkyl halides is 6. The van der Waals surface area contributed by atoms with E-state index in [0.717, 1.165) is 12.1 Å². The third-order valence-corrected chi connectivity index (χ3v) is 6.47. The van der Waals surface area contributed by atoms with Gasteiger partial charge in [-0.2, -0.15) is 26.3 Å². The molecule has 0 spiro atoms. The molecule has 40 heavy (non-hydrogen) atoms. The van der Waals surface area contributed by atoms with Gasteiger partial charge < -0.3 is 29.4 Å². The summed E-state index contributed by atoms with van der Waals surface area (Å²) in [5, 5.41) is 28.9. The van der Waals surface area contributed by atoms with Crippen LogP contribution in [0.15, 0.2) is 24.3 Å². The molecule has 3 N–H and O–H groups in total. The molecule has 0 saturated heterocycles. The summed E-state index contributed by atoms with van der Waals surface area (Å²) in [5.74, 6) is -4.02. The van der Waals surface area contributed by atoms with Crippen molar-refractivity contribution >= 4 is 42.8 Å². The summed E-state index contributed by atoms with van der Waals surface area (Å²) < 4.78 is 91.9. The molecule has 0 unspecified atom stereocenters. The van der Waals surface area contributed by atoms with Crippen LogP contribution in [0.3, 0.4) is 0 Å². The number of rotatable bonds is 8. The molecule has 0 fully saturated rings. The molecular weight excluding hydrogens is 554 g/mol. The molecule has 9 nitrogen and oxygen atoms in total. The second kappa shape index (κ2) is 10.9. The molecule has 17 heteroatoms. The Bertz CT molecular complexity index is 1370. The fourth-order valence-electron chi connectivity index (χ4n) is 4.58. The maximum atomic E-state index is 13.7. The van der Waals surface area contributed by atoms with E-state index in [0.29, 0.717) is 17.0 Å². The number of carbonyl (C=O) groups excluding carboxylic acids is 2. The van der Waals surface area contributed by atoms with Gasteiger partial charge in [-0.25, -0.2) is 0 Å². The zero-order valence-electron chi connectivity index (χ0n) is 20.3. The maximum Gasteiger partial charge on any atom is 0.491 e. The number of aliphatic carboxylic acids is 1. The highest BCUT2D eigenvalue weighted by molar-refractivity contribution is 6.62. The van der Waals surface area contributed by atoms with E-state index in [-0.39, 0.29) is 35.3 Å². The largest absolute Gasteiger partial charge is 0.491 e. The van der Waals surface area contributed by atoms with E-state index >= 15 is 0 Å². The predicted octanol–water partition coefficient (Wildman–Crippen LogP) is 1.35. The Morgan fingerprint density at radius 2 is 1.30 bits per heavy atom. The lowest BCUT2D eigenvalue weighted by atomic mass is 9.77. The van der Waals surface area contributed by atoms with E-state index in [9.17, 15) is 55.9 Å². The van der Waals surface area contributed by atoms with Crippen molar-refractivity contribution < 1.29 is 65.2 Å². The summed E-state index contributed by atoms with van der Waals surface area (Å²) in [6, 6.07) is 2.91. The smallest absolute Gasteiger partial charge is 0.480 e. The van der Waals surface area contributed by atoms with Crippen LogP contribution >= 0.6 is 0 Å². The first kappa shape index (κ1) is 29.6. The zero-order chi connectivity index (χ0) is 29.6. The summed E-state index contributed by atoms with van der Waals surface area (Å²) in [6.45, 7) is -2.31. The lowest BCUT2D eigenvalue weighted by Crippen LogP contribution is -2.39. The van der Waals surface area contributed by atoms with E-state index < -0.39 is 92.4 Å². The Balaban J connectivity index is 1.57. The Labute approximate surface area is 222 Å². The van der Waals surface area contributed by atoms with Crippen LogP contribution in [0.4, 0.5) is 26.3 Å². The van der Waals surface area contributed by atoms with Crippen LogP contribution in [0.2, 0.25) is 0 Å². The Morgan fingerprint density at radius 1 is 0.825 bits per heavy atom. The molecule has 2 aliphatic rings. The van der Waals surface area contributed by atoms with E-state index in [1.807, 2.05) is 0 Å². The van der Waals surface area contributed by atoms with Gasteiger partial charge in [0.15, 0.2) is 5.78 Å². The molecule has 0 aromatic heterocycles. The van der Waals surface area contributed by atoms with Crippen LogP contribution in [-0.4, -0.2) is 65.0 Å². The lowest BCUT2D eigenvalue weighted by Gasteiger charge is -2.23. The predicted molar refractivity (Wildman–Crippen MR) is 125 cm³/mol. The second-order valence-corrected chi connectivity index (χ2v) is 9.16. The van der Waals surface area contributed by atoms with Crippen molar-refractivity contribution in [3.8, 4) is 0 Å². The number of ketones is 1. The van der Waals surface area contributed by atoms with Crippen molar-refractivity contribution in [3.63, 3.8) is 0 Å². The topological polar surface area (TPSA) is 134 Å². The van der Waals surface area contributed by atoms with Crippen molar-refractivity contribution in [1.82, 2.24) is 4.90 Å². The third kappa shape index (κ3) is 6.01. The standard InChI is InChI=1S/C23H19B2F6NO8/c26-22(27,28)15-4-11-9-39-24(37)17(11)6-13(15)19(33)2-1-3-32(8-20(34)35)21(36)14-7-18-12(10-40-25(18)38)5-16(14)23(29,30)31/h4-7,37-38H,1-3,8-10H2,(H,34,35). The zero-order valence-corrected chi connectivity index (χ0v) is 20.3. The molecule has 2 aliphatic heterocycles. The first-order valence-corrected chi connectivity index (χ1v) is 11.7. The summed E-state index contributed by atoms with van der Waals surface area (Å²) in [7, 11) is -3.14. The molecule has 0 atom stereocenters. The number of carboxylic acid groups (broad SMARTS) is 1. The Kier molecular flexibility index (Phi) is 8.04. The average Bonchev–Trinajstić information content (AvgIpc) is 3.41. The first-order valence-electron chi connectivity index (χ1n) is 11.7. The molecule has 2 heterocycles. The molecule has 1 amide bonds. The number of fused-ring (bicyclic) bond motifs is 2. The van der Waals surface area contributed by atoms with Gasteiger partial charge in [-0.3, -0.25) is 14.4 Å². The van der Waals surface area contributed by atoms with Gasteiger partial charge in [-0.05, 0) is 46.7 Å². The lowest BCUT2D eigenvalue weighted by molar-refractivity contribution is -0.139. The molecule has 0 saturated carbocycles. The van der Waals surface area contributed by atoms with Crippen molar-refractivity contribution in [2.75, 3.05) is 13.1 Å². The van der Waals surface area contributed by atoms with Crippen molar-refractivity contribution in [2.24, 2.45) is 0 Å². The van der Waals surface area contributed by atoms with Gasteiger partial charge in [0.1, 0.15) is 6.54 Å². The van der Waals surface area contributed by atoms with Crippen LogP contribution in [0, 0.1) is 0 Å². The monoisotopic (exact) mass is 573 g/mol. The molecule has 212 valence electrons. The molecule has 0 radical (unpaired) electrons. The van der Waals surface area contributed by atoms with Gasteiger partial charge >= 0.3 is 32.6 Å². The van der Waals surface area contributed by atoms with Gasteiger partial charge in [0, 0.05) is 18.5 Å². The van der Waals surface area contributed by atoms with Gasteiger partial charge in [0.25, 0.3) is 5.91 Å². The van der Waals surface area contributed by atoms with Crippen molar-refractivity contribution in [2.45, 2.75) is 38.4 Å². The highest BCUT2D eigenvalue weighted by atomic mass is 19.4. The number of halogens is 6. The fraction of sp³-hybridized carbons (Fsp3) is 0.348. The molecule has 2 aromatic carbocycles. The minimum absolute atomic E-state index is 0.0166. The van der Waals surface area contributed by atoms with Gasteiger partial charge in [0.2, 0.25) is 0 Å². The molecule has 2 aromatic rings. The van der Waals surface area contributed by atoms with Crippen LogP contribution in [-0.2, 0) is 39.7 Å². The highest BCUT2D eigenvalue weighted by Crippen LogP contribution is 2.35. The van der Waals surface area contributed by atoms with E-state index in [4.69, 9.17) is 9.31 Å². The maximum absolute atomic E-state index is 13.7. The first-order chi connectivity index (χ1) is 18.6. The number of hydrogen-bond donors (Lipinski definition) is 3. The number of nitrogens with zero attached hydrogens (tertiary/aromatic N) is 1. The van der Waals surface area contributed by atoms with Gasteiger partial charge in [-0.15, -0.1) is 0 Å². The Hall–Kier alpha value is -3.40. The number of carbonyl (C=O) groups is 3. The summed E-state index contributed by atoms with van der Waals surface area (Å²) in [6.07, 6.45) is -11.0. The molecule has 4 rings (SSSR count).